The van der Waals surface area contributed by atoms with Crippen LogP contribution in [0.2, 0.25) is 0 Å². The number of rotatable bonds is 3. The number of aromatic carboxylic acids is 1. The first-order valence-corrected chi connectivity index (χ1v) is 6.29. The molecule has 2 rings (SSSR count). The second-order valence-electron chi connectivity index (χ2n) is 3.95. The van der Waals surface area contributed by atoms with Crippen molar-refractivity contribution in [3.8, 4) is 11.6 Å². The summed E-state index contributed by atoms with van der Waals surface area (Å²) in [6, 6.07) is 7.02. The summed E-state index contributed by atoms with van der Waals surface area (Å²) in [7, 11) is 0. The molecule has 2 aromatic rings. The van der Waals surface area contributed by atoms with E-state index in [1.807, 2.05) is 0 Å². The highest BCUT2D eigenvalue weighted by atomic mass is 79.9. The summed E-state index contributed by atoms with van der Waals surface area (Å²) in [4.78, 5) is 11.3. The van der Waals surface area contributed by atoms with E-state index in [1.54, 1.807) is 38.1 Å². The van der Waals surface area contributed by atoms with Crippen LogP contribution in [-0.4, -0.2) is 21.3 Å². The third-order valence-corrected chi connectivity index (χ3v) is 3.19. The topological polar surface area (TPSA) is 72.3 Å². The average Bonchev–Trinajstić information content (AvgIpc) is 2.36. The van der Waals surface area contributed by atoms with Gasteiger partial charge in [0.15, 0.2) is 0 Å². The minimum absolute atomic E-state index is 0.00192. The van der Waals surface area contributed by atoms with Crippen molar-refractivity contribution in [2.45, 2.75) is 13.8 Å². The summed E-state index contributed by atoms with van der Waals surface area (Å²) in [5.41, 5.74) is 1.16. The van der Waals surface area contributed by atoms with Crippen molar-refractivity contribution in [3.63, 3.8) is 0 Å². The largest absolute Gasteiger partial charge is 0.477 e. The molecule has 5 nitrogen and oxygen atoms in total. The van der Waals surface area contributed by atoms with Gasteiger partial charge in [-0.1, -0.05) is 15.9 Å². The molecule has 0 aliphatic carbocycles. The average molecular weight is 323 g/mol. The predicted molar refractivity (Wildman–Crippen MR) is 72.7 cm³/mol. The van der Waals surface area contributed by atoms with Crippen LogP contribution in [0.5, 0.6) is 11.6 Å². The normalized spacial score (nSPS) is 10.3. The van der Waals surface area contributed by atoms with Crippen LogP contribution in [0.4, 0.5) is 0 Å². The zero-order valence-electron chi connectivity index (χ0n) is 10.3. The number of ether oxygens (including phenoxy) is 1. The molecule has 0 aliphatic rings. The molecule has 0 unspecified atom stereocenters. The molecule has 1 aromatic heterocycles. The Balaban J connectivity index is 2.42. The zero-order valence-corrected chi connectivity index (χ0v) is 11.9. The summed E-state index contributed by atoms with van der Waals surface area (Å²) in [6.45, 7) is 3.39. The standard InChI is InChI=1S/C13H11BrN2O3/c1-7-8(2)15-16-12(11(7)13(17)18)19-10-5-3-9(14)4-6-10/h3-6H,1-2H3,(H,17,18). The molecule has 0 aliphatic heterocycles. The second-order valence-corrected chi connectivity index (χ2v) is 4.87. The zero-order chi connectivity index (χ0) is 14.0. The lowest BCUT2D eigenvalue weighted by atomic mass is 10.1. The molecule has 0 saturated carbocycles. The number of carbonyl (C=O) groups is 1. The number of hydrogen-bond donors (Lipinski definition) is 1. The third-order valence-electron chi connectivity index (χ3n) is 2.66. The molecule has 0 spiro atoms. The van der Waals surface area contributed by atoms with Crippen LogP contribution in [0.25, 0.3) is 0 Å². The van der Waals surface area contributed by atoms with Crippen molar-refractivity contribution in [2.75, 3.05) is 0 Å². The Hall–Kier alpha value is -1.95. The maximum atomic E-state index is 11.3. The first kappa shape index (κ1) is 13.5. The molecule has 0 fully saturated rings. The Morgan fingerprint density at radius 2 is 1.84 bits per heavy atom. The number of carboxylic acid groups (broad SMARTS) is 1. The van der Waals surface area contributed by atoms with Crippen LogP contribution in [0.1, 0.15) is 21.6 Å². The van der Waals surface area contributed by atoms with Gasteiger partial charge >= 0.3 is 5.97 Å². The van der Waals surface area contributed by atoms with Crippen LogP contribution in [0.3, 0.4) is 0 Å². The number of aromatic nitrogens is 2. The van der Waals surface area contributed by atoms with E-state index in [4.69, 9.17) is 4.74 Å². The molecule has 19 heavy (non-hydrogen) atoms. The smallest absolute Gasteiger partial charge is 0.341 e. The van der Waals surface area contributed by atoms with Crippen LogP contribution in [0.15, 0.2) is 28.7 Å². The quantitative estimate of drug-likeness (QED) is 0.938. The van der Waals surface area contributed by atoms with Crippen LogP contribution in [0, 0.1) is 13.8 Å². The number of aryl methyl sites for hydroxylation is 1. The van der Waals surface area contributed by atoms with E-state index in [0.29, 0.717) is 17.0 Å². The fraction of sp³-hybridized carbons (Fsp3) is 0.154. The molecular formula is C13H11BrN2O3. The molecule has 1 N–H and O–H groups in total. The van der Waals surface area contributed by atoms with E-state index < -0.39 is 5.97 Å². The predicted octanol–water partition coefficient (Wildman–Crippen LogP) is 3.35. The third kappa shape index (κ3) is 2.90. The van der Waals surface area contributed by atoms with Crippen molar-refractivity contribution in [2.24, 2.45) is 0 Å². The number of benzene rings is 1. The minimum atomic E-state index is -1.08. The summed E-state index contributed by atoms with van der Waals surface area (Å²) in [5.74, 6) is -0.580. The molecule has 6 heteroatoms. The van der Waals surface area contributed by atoms with Crippen molar-refractivity contribution in [3.05, 3.63) is 45.6 Å². The number of halogens is 1. The van der Waals surface area contributed by atoms with E-state index in [2.05, 4.69) is 26.1 Å². The van der Waals surface area contributed by atoms with Gasteiger partial charge in [0.2, 0.25) is 0 Å². The van der Waals surface area contributed by atoms with Gasteiger partial charge < -0.3 is 9.84 Å². The van der Waals surface area contributed by atoms with Gasteiger partial charge in [0.05, 0.1) is 5.69 Å². The fourth-order valence-electron chi connectivity index (χ4n) is 1.52. The summed E-state index contributed by atoms with van der Waals surface area (Å²) >= 11 is 3.31. The Labute approximate surface area is 118 Å². The second kappa shape index (κ2) is 5.36. The first-order chi connectivity index (χ1) is 8.99. The van der Waals surface area contributed by atoms with Gasteiger partial charge in [0.1, 0.15) is 11.3 Å². The van der Waals surface area contributed by atoms with Gasteiger partial charge in [-0.3, -0.25) is 0 Å². The van der Waals surface area contributed by atoms with Gasteiger partial charge in [0.25, 0.3) is 5.88 Å². The highest BCUT2D eigenvalue weighted by molar-refractivity contribution is 9.10. The maximum Gasteiger partial charge on any atom is 0.341 e. The van der Waals surface area contributed by atoms with Crippen molar-refractivity contribution >= 4 is 21.9 Å². The summed E-state index contributed by atoms with van der Waals surface area (Å²) in [5, 5.41) is 16.9. The highest BCUT2D eigenvalue weighted by Crippen LogP contribution is 2.26. The van der Waals surface area contributed by atoms with Gasteiger partial charge in [-0.25, -0.2) is 4.79 Å². The van der Waals surface area contributed by atoms with E-state index >= 15 is 0 Å². The molecule has 0 atom stereocenters. The van der Waals surface area contributed by atoms with Gasteiger partial charge in [-0.2, -0.15) is 5.10 Å². The number of carboxylic acids is 1. The van der Waals surface area contributed by atoms with Crippen LogP contribution in [-0.2, 0) is 0 Å². The SMILES string of the molecule is Cc1nnc(Oc2ccc(Br)cc2)c(C(=O)O)c1C. The molecule has 0 saturated heterocycles. The van der Waals surface area contributed by atoms with Crippen molar-refractivity contribution in [1.29, 1.82) is 0 Å². The van der Waals surface area contributed by atoms with Gasteiger partial charge in [-0.15, -0.1) is 5.10 Å². The Morgan fingerprint density at radius 3 is 2.42 bits per heavy atom. The fourth-order valence-corrected chi connectivity index (χ4v) is 1.79. The van der Waals surface area contributed by atoms with Gasteiger partial charge in [-0.05, 0) is 43.7 Å². The highest BCUT2D eigenvalue weighted by Gasteiger charge is 2.19. The van der Waals surface area contributed by atoms with E-state index in [9.17, 15) is 9.90 Å². The molecule has 1 heterocycles. The lowest BCUT2D eigenvalue weighted by Gasteiger charge is -2.10. The summed E-state index contributed by atoms with van der Waals surface area (Å²) in [6.07, 6.45) is 0. The van der Waals surface area contributed by atoms with Crippen LogP contribution < -0.4 is 4.74 Å². The monoisotopic (exact) mass is 322 g/mol. The Kier molecular flexibility index (Phi) is 3.80. The molecule has 0 bridgehead atoms. The first-order valence-electron chi connectivity index (χ1n) is 5.49. The summed E-state index contributed by atoms with van der Waals surface area (Å²) < 4.78 is 6.39. The lowest BCUT2D eigenvalue weighted by molar-refractivity contribution is 0.0692. The van der Waals surface area contributed by atoms with E-state index in [1.165, 1.54) is 0 Å². The minimum Gasteiger partial charge on any atom is -0.477 e. The molecule has 0 radical (unpaired) electrons. The Morgan fingerprint density at radius 1 is 1.21 bits per heavy atom. The van der Waals surface area contributed by atoms with Gasteiger partial charge in [0, 0.05) is 4.47 Å². The Bertz CT molecular complexity index is 627. The lowest BCUT2D eigenvalue weighted by Crippen LogP contribution is -2.08. The van der Waals surface area contributed by atoms with Crippen molar-refractivity contribution in [1.82, 2.24) is 10.2 Å². The number of nitrogens with zero attached hydrogens (tertiary/aromatic N) is 2. The maximum absolute atomic E-state index is 11.3. The molecule has 1 aromatic carbocycles. The van der Waals surface area contributed by atoms with E-state index in [-0.39, 0.29) is 11.4 Å². The molecule has 0 amide bonds. The van der Waals surface area contributed by atoms with E-state index in [0.717, 1.165) is 4.47 Å². The molecule has 98 valence electrons. The van der Waals surface area contributed by atoms with Crippen molar-refractivity contribution < 1.29 is 14.6 Å². The van der Waals surface area contributed by atoms with Crippen LogP contribution >= 0.6 is 15.9 Å². The number of hydrogen-bond acceptors (Lipinski definition) is 4. The molecular weight excluding hydrogens is 312 g/mol.